The minimum Gasteiger partial charge on any atom is -0.387 e. The fourth-order valence-corrected chi connectivity index (χ4v) is 2.84. The lowest BCUT2D eigenvalue weighted by Gasteiger charge is -2.15. The highest BCUT2D eigenvalue weighted by molar-refractivity contribution is 7.00. The van der Waals surface area contributed by atoms with Crippen molar-refractivity contribution in [1.82, 2.24) is 14.1 Å². The third-order valence-electron chi connectivity index (χ3n) is 3.77. The molecule has 3 rings (SSSR count). The van der Waals surface area contributed by atoms with Gasteiger partial charge in [-0.2, -0.15) is 8.75 Å². The lowest BCUT2D eigenvalue weighted by Crippen LogP contribution is -2.28. The standard InChI is InChI=1S/C17H18N4O2S/c1-21(2)13-6-3-11(4-7-13)16(22)10-18-17(23)12-5-8-14-15(9-12)20-24-19-14/h3-9,16,22H,10H2,1-2H3,(H,18,23). The summed E-state index contributed by atoms with van der Waals surface area (Å²) in [6.45, 7) is 0.146. The molecule has 1 unspecified atom stereocenters. The number of hydrogen-bond donors (Lipinski definition) is 2. The SMILES string of the molecule is CN(C)c1ccc(C(O)CNC(=O)c2ccc3nsnc3c2)cc1. The number of hydrogen-bond acceptors (Lipinski definition) is 6. The zero-order chi connectivity index (χ0) is 17.1. The van der Waals surface area contributed by atoms with Crippen LogP contribution in [0.4, 0.5) is 5.69 Å². The molecule has 0 spiro atoms. The number of aliphatic hydroxyl groups is 1. The summed E-state index contributed by atoms with van der Waals surface area (Å²) in [4.78, 5) is 14.2. The molecule has 0 bridgehead atoms. The molecule has 0 aliphatic heterocycles. The Hall–Kier alpha value is -2.51. The first-order valence-electron chi connectivity index (χ1n) is 7.50. The maximum atomic E-state index is 12.2. The first-order chi connectivity index (χ1) is 11.5. The minimum absolute atomic E-state index is 0.146. The third kappa shape index (κ3) is 3.52. The molecule has 0 aliphatic rings. The van der Waals surface area contributed by atoms with Crippen LogP contribution in [0.15, 0.2) is 42.5 Å². The first-order valence-corrected chi connectivity index (χ1v) is 8.23. The number of amides is 1. The van der Waals surface area contributed by atoms with Crippen LogP contribution in [0.25, 0.3) is 11.0 Å². The van der Waals surface area contributed by atoms with Crippen molar-refractivity contribution in [3.63, 3.8) is 0 Å². The largest absolute Gasteiger partial charge is 0.387 e. The van der Waals surface area contributed by atoms with Crippen LogP contribution in [0.3, 0.4) is 0 Å². The molecule has 0 radical (unpaired) electrons. The summed E-state index contributed by atoms with van der Waals surface area (Å²) in [7, 11) is 3.92. The molecule has 2 aromatic carbocycles. The number of anilines is 1. The van der Waals surface area contributed by atoms with E-state index in [-0.39, 0.29) is 12.5 Å². The Bertz CT molecular complexity index is 845. The van der Waals surface area contributed by atoms with Crippen LogP contribution in [-0.4, -0.2) is 40.4 Å². The van der Waals surface area contributed by atoms with E-state index in [4.69, 9.17) is 0 Å². The van der Waals surface area contributed by atoms with Gasteiger partial charge in [-0.15, -0.1) is 0 Å². The summed E-state index contributed by atoms with van der Waals surface area (Å²) >= 11 is 1.12. The normalized spacial score (nSPS) is 12.1. The van der Waals surface area contributed by atoms with E-state index in [9.17, 15) is 9.90 Å². The van der Waals surface area contributed by atoms with Gasteiger partial charge in [0.25, 0.3) is 5.91 Å². The quantitative estimate of drug-likeness (QED) is 0.743. The van der Waals surface area contributed by atoms with E-state index < -0.39 is 6.10 Å². The maximum absolute atomic E-state index is 12.2. The van der Waals surface area contributed by atoms with E-state index in [0.717, 1.165) is 28.5 Å². The molecule has 0 saturated carbocycles. The van der Waals surface area contributed by atoms with Gasteiger partial charge in [-0.1, -0.05) is 12.1 Å². The number of aliphatic hydroxyl groups excluding tert-OH is 1. The van der Waals surface area contributed by atoms with E-state index in [2.05, 4.69) is 14.1 Å². The second-order valence-electron chi connectivity index (χ2n) is 5.68. The monoisotopic (exact) mass is 342 g/mol. The number of fused-ring (bicyclic) bond motifs is 1. The number of rotatable bonds is 5. The summed E-state index contributed by atoms with van der Waals surface area (Å²) in [5.74, 6) is -0.242. The van der Waals surface area contributed by atoms with E-state index in [1.54, 1.807) is 18.2 Å². The first kappa shape index (κ1) is 16.4. The van der Waals surface area contributed by atoms with Crippen molar-refractivity contribution in [3.8, 4) is 0 Å². The molecule has 124 valence electrons. The highest BCUT2D eigenvalue weighted by Gasteiger charge is 2.12. The van der Waals surface area contributed by atoms with E-state index >= 15 is 0 Å². The van der Waals surface area contributed by atoms with Gasteiger partial charge in [-0.3, -0.25) is 4.79 Å². The summed E-state index contributed by atoms with van der Waals surface area (Å²) in [5.41, 5.74) is 3.80. The van der Waals surface area contributed by atoms with Gasteiger partial charge in [-0.05, 0) is 35.9 Å². The van der Waals surface area contributed by atoms with Gasteiger partial charge < -0.3 is 15.3 Å². The molecule has 3 aromatic rings. The zero-order valence-corrected chi connectivity index (χ0v) is 14.2. The summed E-state index contributed by atoms with van der Waals surface area (Å²) in [6, 6.07) is 12.8. The van der Waals surface area contributed by atoms with Crippen molar-refractivity contribution in [2.75, 3.05) is 25.5 Å². The average molecular weight is 342 g/mol. The molecular formula is C17H18N4O2S. The van der Waals surface area contributed by atoms with Gasteiger partial charge in [0, 0.05) is 31.9 Å². The van der Waals surface area contributed by atoms with Gasteiger partial charge in [0.2, 0.25) is 0 Å². The number of nitrogens with zero attached hydrogens (tertiary/aromatic N) is 3. The number of carbonyl (C=O) groups excluding carboxylic acids is 1. The molecular weight excluding hydrogens is 324 g/mol. The Morgan fingerprint density at radius 2 is 1.88 bits per heavy atom. The molecule has 6 nitrogen and oxygen atoms in total. The van der Waals surface area contributed by atoms with Gasteiger partial charge in [0.15, 0.2) is 0 Å². The maximum Gasteiger partial charge on any atom is 0.251 e. The Balaban J connectivity index is 1.62. The zero-order valence-electron chi connectivity index (χ0n) is 13.4. The predicted molar refractivity (Wildman–Crippen MR) is 95.5 cm³/mol. The fourth-order valence-electron chi connectivity index (χ4n) is 2.33. The predicted octanol–water partition coefficient (Wildman–Crippen LogP) is 2.22. The summed E-state index contributed by atoms with van der Waals surface area (Å²) < 4.78 is 8.23. The number of nitrogens with one attached hydrogen (secondary N) is 1. The molecule has 2 N–H and O–H groups in total. The third-order valence-corrected chi connectivity index (χ3v) is 4.32. The number of benzene rings is 2. The molecule has 0 saturated heterocycles. The lowest BCUT2D eigenvalue weighted by atomic mass is 10.1. The number of carbonyl (C=O) groups is 1. The van der Waals surface area contributed by atoms with Gasteiger partial charge >= 0.3 is 0 Å². The van der Waals surface area contributed by atoms with Crippen LogP contribution in [-0.2, 0) is 0 Å². The summed E-state index contributed by atoms with van der Waals surface area (Å²) in [6.07, 6.45) is -0.755. The Morgan fingerprint density at radius 3 is 2.58 bits per heavy atom. The van der Waals surface area contributed by atoms with E-state index in [0.29, 0.717) is 11.1 Å². The molecule has 1 amide bonds. The lowest BCUT2D eigenvalue weighted by molar-refractivity contribution is 0.0916. The molecule has 24 heavy (non-hydrogen) atoms. The fraction of sp³-hybridized carbons (Fsp3) is 0.235. The number of aromatic nitrogens is 2. The van der Waals surface area contributed by atoms with Crippen LogP contribution in [0.5, 0.6) is 0 Å². The molecule has 0 fully saturated rings. The van der Waals surface area contributed by atoms with E-state index in [1.807, 2.05) is 43.3 Å². The van der Waals surface area contributed by atoms with Crippen molar-refractivity contribution in [2.24, 2.45) is 0 Å². The highest BCUT2D eigenvalue weighted by atomic mass is 32.1. The van der Waals surface area contributed by atoms with E-state index in [1.165, 1.54) is 0 Å². The average Bonchev–Trinajstić information content (AvgIpc) is 3.07. The van der Waals surface area contributed by atoms with Gasteiger partial charge in [0.05, 0.1) is 17.8 Å². The van der Waals surface area contributed by atoms with Crippen molar-refractivity contribution >= 4 is 34.4 Å². The highest BCUT2D eigenvalue weighted by Crippen LogP contribution is 2.18. The second kappa shape index (κ2) is 6.94. The minimum atomic E-state index is -0.755. The second-order valence-corrected chi connectivity index (χ2v) is 6.21. The Kier molecular flexibility index (Phi) is 4.73. The molecule has 0 aliphatic carbocycles. The van der Waals surface area contributed by atoms with Crippen molar-refractivity contribution < 1.29 is 9.90 Å². The van der Waals surface area contributed by atoms with Crippen molar-refractivity contribution in [2.45, 2.75) is 6.10 Å². The Labute approximate surface area is 144 Å². The smallest absolute Gasteiger partial charge is 0.251 e. The summed E-state index contributed by atoms with van der Waals surface area (Å²) in [5, 5.41) is 13.0. The molecule has 1 atom stereocenters. The molecule has 7 heteroatoms. The Morgan fingerprint density at radius 1 is 1.17 bits per heavy atom. The molecule has 1 heterocycles. The van der Waals surface area contributed by atoms with Gasteiger partial charge in [-0.25, -0.2) is 0 Å². The van der Waals surface area contributed by atoms with Crippen LogP contribution in [0.1, 0.15) is 22.0 Å². The van der Waals surface area contributed by atoms with Crippen molar-refractivity contribution in [3.05, 3.63) is 53.6 Å². The molecule has 1 aromatic heterocycles. The topological polar surface area (TPSA) is 78.4 Å². The van der Waals surface area contributed by atoms with Crippen LogP contribution >= 0.6 is 11.7 Å². The van der Waals surface area contributed by atoms with Crippen molar-refractivity contribution in [1.29, 1.82) is 0 Å². The van der Waals surface area contributed by atoms with Crippen LogP contribution in [0, 0.1) is 0 Å². The van der Waals surface area contributed by atoms with Gasteiger partial charge in [0.1, 0.15) is 11.0 Å². The van der Waals surface area contributed by atoms with Crippen LogP contribution in [0.2, 0.25) is 0 Å². The van der Waals surface area contributed by atoms with Crippen LogP contribution < -0.4 is 10.2 Å².